The van der Waals surface area contributed by atoms with Crippen LogP contribution in [0.3, 0.4) is 0 Å². The lowest BCUT2D eigenvalue weighted by atomic mass is 10.1. The monoisotopic (exact) mass is 364 g/mol. The van der Waals surface area contributed by atoms with Crippen molar-refractivity contribution in [2.24, 2.45) is 5.73 Å². The number of carbonyl (C=O) groups excluding carboxylic acids is 2. The normalized spacial score (nSPS) is 15.9. The zero-order chi connectivity index (χ0) is 17.3. The SMILES string of the molecule is NC(=O)[C@H]1Cc2ccccc2N1C(=O)COc1ccc(Cl)cc1Cl. The highest BCUT2D eigenvalue weighted by atomic mass is 35.5. The molecule has 2 amide bonds. The Bertz CT molecular complexity index is 810. The van der Waals surface area contributed by atoms with Crippen molar-refractivity contribution < 1.29 is 14.3 Å². The first-order valence-corrected chi connectivity index (χ1v) is 8.00. The number of carbonyl (C=O) groups is 2. The second-order valence-electron chi connectivity index (χ2n) is 5.38. The molecule has 0 unspecified atom stereocenters. The molecule has 0 spiro atoms. The highest BCUT2D eigenvalue weighted by Gasteiger charge is 2.37. The number of fused-ring (bicyclic) bond motifs is 1. The average molecular weight is 365 g/mol. The predicted molar refractivity (Wildman–Crippen MR) is 92.6 cm³/mol. The van der Waals surface area contributed by atoms with Gasteiger partial charge in [0.1, 0.15) is 11.8 Å². The standard InChI is InChI=1S/C17H14Cl2N2O3/c18-11-5-6-15(12(19)8-11)24-9-16(22)21-13-4-2-1-3-10(13)7-14(21)17(20)23/h1-6,8,14H,7,9H2,(H2,20,23)/t14-/m1/s1. The molecule has 0 bridgehead atoms. The van der Waals surface area contributed by atoms with Crippen LogP contribution in [0.5, 0.6) is 5.75 Å². The molecule has 0 fully saturated rings. The van der Waals surface area contributed by atoms with E-state index in [1.807, 2.05) is 12.1 Å². The van der Waals surface area contributed by atoms with E-state index < -0.39 is 11.9 Å². The molecule has 1 atom stereocenters. The van der Waals surface area contributed by atoms with Gasteiger partial charge >= 0.3 is 0 Å². The van der Waals surface area contributed by atoms with E-state index in [2.05, 4.69) is 0 Å². The molecule has 7 heteroatoms. The van der Waals surface area contributed by atoms with E-state index in [9.17, 15) is 9.59 Å². The number of benzene rings is 2. The Morgan fingerprint density at radius 1 is 1.21 bits per heavy atom. The summed E-state index contributed by atoms with van der Waals surface area (Å²) in [5.74, 6) is -0.573. The Balaban J connectivity index is 1.79. The second kappa shape index (κ2) is 6.71. The third-order valence-corrected chi connectivity index (χ3v) is 4.35. The Morgan fingerprint density at radius 3 is 2.67 bits per heavy atom. The first-order valence-electron chi connectivity index (χ1n) is 7.24. The van der Waals surface area contributed by atoms with Crippen molar-refractivity contribution in [2.45, 2.75) is 12.5 Å². The fourth-order valence-electron chi connectivity index (χ4n) is 2.72. The Morgan fingerprint density at radius 2 is 1.96 bits per heavy atom. The van der Waals surface area contributed by atoms with Crippen molar-refractivity contribution >= 4 is 40.7 Å². The smallest absolute Gasteiger partial charge is 0.265 e. The van der Waals surface area contributed by atoms with Crippen molar-refractivity contribution in [3.63, 3.8) is 0 Å². The number of hydrogen-bond acceptors (Lipinski definition) is 3. The molecule has 2 N–H and O–H groups in total. The fourth-order valence-corrected chi connectivity index (χ4v) is 3.19. The van der Waals surface area contributed by atoms with Gasteiger partial charge in [0.15, 0.2) is 6.61 Å². The first kappa shape index (κ1) is 16.6. The van der Waals surface area contributed by atoms with Crippen molar-refractivity contribution in [1.82, 2.24) is 0 Å². The number of hydrogen-bond donors (Lipinski definition) is 1. The molecule has 0 radical (unpaired) electrons. The lowest BCUT2D eigenvalue weighted by Gasteiger charge is -2.23. The molecule has 1 aliphatic heterocycles. The fraction of sp³-hybridized carbons (Fsp3) is 0.176. The van der Waals surface area contributed by atoms with Gasteiger partial charge in [0.2, 0.25) is 5.91 Å². The molecule has 2 aromatic rings. The molecule has 1 heterocycles. The summed E-state index contributed by atoms with van der Waals surface area (Å²) in [7, 11) is 0. The molecular weight excluding hydrogens is 351 g/mol. The minimum absolute atomic E-state index is 0.264. The number of nitrogens with two attached hydrogens (primary N) is 1. The number of rotatable bonds is 4. The average Bonchev–Trinajstić information content (AvgIpc) is 2.93. The van der Waals surface area contributed by atoms with Gasteiger partial charge in [-0.2, -0.15) is 0 Å². The van der Waals surface area contributed by atoms with Crippen LogP contribution in [0.15, 0.2) is 42.5 Å². The van der Waals surface area contributed by atoms with Crippen LogP contribution in [0.2, 0.25) is 10.0 Å². The van der Waals surface area contributed by atoms with Crippen LogP contribution in [0.1, 0.15) is 5.56 Å². The largest absolute Gasteiger partial charge is 0.482 e. The van der Waals surface area contributed by atoms with E-state index in [1.165, 1.54) is 11.0 Å². The minimum Gasteiger partial charge on any atom is -0.482 e. The lowest BCUT2D eigenvalue weighted by molar-refractivity contribution is -0.125. The van der Waals surface area contributed by atoms with Crippen LogP contribution < -0.4 is 15.4 Å². The lowest BCUT2D eigenvalue weighted by Crippen LogP contribution is -2.47. The van der Waals surface area contributed by atoms with Gasteiger partial charge in [-0.25, -0.2) is 0 Å². The third kappa shape index (κ3) is 3.18. The van der Waals surface area contributed by atoms with Gasteiger partial charge in [-0.1, -0.05) is 41.4 Å². The number of halogens is 2. The number of nitrogens with zero attached hydrogens (tertiary/aromatic N) is 1. The maximum atomic E-state index is 12.6. The highest BCUT2D eigenvalue weighted by Crippen LogP contribution is 2.32. The number of para-hydroxylation sites is 1. The molecule has 3 rings (SSSR count). The second-order valence-corrected chi connectivity index (χ2v) is 6.22. The molecule has 24 heavy (non-hydrogen) atoms. The summed E-state index contributed by atoms with van der Waals surface area (Å²) >= 11 is 11.9. The molecular formula is C17H14Cl2N2O3. The van der Waals surface area contributed by atoms with E-state index in [0.717, 1.165) is 5.56 Å². The van der Waals surface area contributed by atoms with Gasteiger partial charge in [0.05, 0.1) is 5.02 Å². The molecule has 1 aliphatic rings. The van der Waals surface area contributed by atoms with E-state index in [-0.39, 0.29) is 12.5 Å². The first-order chi connectivity index (χ1) is 11.5. The van der Waals surface area contributed by atoms with Crippen molar-refractivity contribution in [3.05, 3.63) is 58.1 Å². The molecule has 0 aliphatic carbocycles. The third-order valence-electron chi connectivity index (χ3n) is 3.82. The number of anilines is 1. The predicted octanol–water partition coefficient (Wildman–Crippen LogP) is 2.82. The van der Waals surface area contributed by atoms with Crippen LogP contribution in [-0.4, -0.2) is 24.5 Å². The summed E-state index contributed by atoms with van der Waals surface area (Å²) in [5, 5.41) is 0.782. The van der Waals surface area contributed by atoms with E-state index >= 15 is 0 Å². The molecule has 2 aromatic carbocycles. The molecule has 0 saturated carbocycles. The number of amides is 2. The number of ether oxygens (including phenoxy) is 1. The minimum atomic E-state index is -0.709. The quantitative estimate of drug-likeness (QED) is 0.906. The van der Waals surface area contributed by atoms with Crippen molar-refractivity contribution in [1.29, 1.82) is 0 Å². The molecule has 5 nitrogen and oxygen atoms in total. The van der Waals surface area contributed by atoms with Crippen LogP contribution in [-0.2, 0) is 16.0 Å². The van der Waals surface area contributed by atoms with Crippen LogP contribution in [0.25, 0.3) is 0 Å². The zero-order valence-corrected chi connectivity index (χ0v) is 14.1. The summed E-state index contributed by atoms with van der Waals surface area (Å²) in [6, 6.07) is 11.3. The van der Waals surface area contributed by atoms with Crippen molar-refractivity contribution in [2.75, 3.05) is 11.5 Å². The summed E-state index contributed by atoms with van der Waals surface area (Å²) in [6.45, 7) is -0.264. The van der Waals surface area contributed by atoms with Gasteiger partial charge in [-0.3, -0.25) is 14.5 Å². The molecule has 124 valence electrons. The van der Waals surface area contributed by atoms with E-state index in [1.54, 1.807) is 24.3 Å². The number of primary amides is 1. The van der Waals surface area contributed by atoms with E-state index in [4.69, 9.17) is 33.7 Å². The Labute approximate surface area is 148 Å². The van der Waals surface area contributed by atoms with Crippen molar-refractivity contribution in [3.8, 4) is 5.75 Å². The summed E-state index contributed by atoms with van der Waals surface area (Å²) in [5.41, 5.74) is 7.02. The maximum absolute atomic E-state index is 12.6. The van der Waals surface area contributed by atoms with Gasteiger partial charge in [-0.15, -0.1) is 0 Å². The molecule has 0 aromatic heterocycles. The maximum Gasteiger partial charge on any atom is 0.265 e. The summed E-state index contributed by atoms with van der Waals surface area (Å²) in [4.78, 5) is 25.7. The van der Waals surface area contributed by atoms with Gasteiger partial charge in [0.25, 0.3) is 5.91 Å². The summed E-state index contributed by atoms with van der Waals surface area (Å²) < 4.78 is 5.48. The van der Waals surface area contributed by atoms with Crippen LogP contribution in [0.4, 0.5) is 5.69 Å². The summed E-state index contributed by atoms with van der Waals surface area (Å²) in [6.07, 6.45) is 0.402. The van der Waals surface area contributed by atoms with Gasteiger partial charge < -0.3 is 10.5 Å². The van der Waals surface area contributed by atoms with Gasteiger partial charge in [-0.05, 0) is 29.8 Å². The van der Waals surface area contributed by atoms with Crippen LogP contribution in [0, 0.1) is 0 Å². The zero-order valence-electron chi connectivity index (χ0n) is 12.5. The topological polar surface area (TPSA) is 72.6 Å². The van der Waals surface area contributed by atoms with E-state index in [0.29, 0.717) is 27.9 Å². The Hall–Kier alpha value is -2.24. The highest BCUT2D eigenvalue weighted by molar-refractivity contribution is 6.35. The molecule has 0 saturated heterocycles. The Kier molecular flexibility index (Phi) is 4.64. The van der Waals surface area contributed by atoms with Crippen LogP contribution >= 0.6 is 23.2 Å². The van der Waals surface area contributed by atoms with Gasteiger partial charge in [0, 0.05) is 17.1 Å².